The van der Waals surface area contributed by atoms with E-state index in [1.807, 2.05) is 4.90 Å². The lowest BCUT2D eigenvalue weighted by Gasteiger charge is -2.44. The van der Waals surface area contributed by atoms with Crippen molar-refractivity contribution in [1.29, 1.82) is 0 Å². The molecule has 33 heavy (non-hydrogen) atoms. The lowest BCUT2D eigenvalue weighted by molar-refractivity contribution is -0.152. The van der Waals surface area contributed by atoms with Gasteiger partial charge in [0.2, 0.25) is 15.9 Å². The predicted octanol–water partition coefficient (Wildman–Crippen LogP) is 0.457. The molecule has 3 saturated heterocycles. The Labute approximate surface area is 196 Å². The summed E-state index contributed by atoms with van der Waals surface area (Å²) in [7, 11) is -1.79. The number of aryl methyl sites for hydroxylation is 1. The molecule has 9 nitrogen and oxygen atoms in total. The summed E-state index contributed by atoms with van der Waals surface area (Å²) in [6, 6.07) is 6.42. The molecule has 10 heteroatoms. The van der Waals surface area contributed by atoms with Gasteiger partial charge in [-0.05, 0) is 38.4 Å². The predicted molar refractivity (Wildman–Crippen MR) is 122 cm³/mol. The smallest absolute Gasteiger partial charge is 0.243 e. The maximum atomic E-state index is 13.6. The van der Waals surface area contributed by atoms with E-state index >= 15 is 0 Å². The lowest BCUT2D eigenvalue weighted by atomic mass is 9.96. The largest absolute Gasteiger partial charge is 0.389 e. The minimum absolute atomic E-state index is 0.0390. The fraction of sp³-hybridized carbons (Fsp3) is 0.696. The van der Waals surface area contributed by atoms with Crippen molar-refractivity contribution in [2.24, 2.45) is 0 Å². The van der Waals surface area contributed by atoms with Crippen molar-refractivity contribution < 1.29 is 27.8 Å². The number of nitrogens with zero attached hydrogens (tertiary/aromatic N) is 3. The van der Waals surface area contributed by atoms with Gasteiger partial charge in [-0.2, -0.15) is 4.31 Å². The molecular weight excluding hydrogens is 446 g/mol. The number of hydrogen-bond donors (Lipinski definition) is 1. The highest BCUT2D eigenvalue weighted by atomic mass is 32.2. The highest BCUT2D eigenvalue weighted by molar-refractivity contribution is 7.89. The lowest BCUT2D eigenvalue weighted by Crippen LogP contribution is -2.57. The van der Waals surface area contributed by atoms with Gasteiger partial charge in [-0.3, -0.25) is 4.79 Å². The van der Waals surface area contributed by atoms with Gasteiger partial charge in [-0.25, -0.2) is 8.42 Å². The Morgan fingerprint density at radius 3 is 2.58 bits per heavy atom. The quantitative estimate of drug-likeness (QED) is 0.667. The number of aliphatic hydroxyl groups excluding tert-OH is 1. The number of carbonyl (C=O) groups excluding carboxylic acids is 1. The van der Waals surface area contributed by atoms with Crippen LogP contribution in [0.1, 0.15) is 24.8 Å². The molecule has 3 aliphatic rings. The van der Waals surface area contributed by atoms with Crippen LogP contribution in [-0.4, -0.2) is 111 Å². The summed E-state index contributed by atoms with van der Waals surface area (Å²) in [6.07, 6.45) is -0.255. The Hall–Kier alpha value is -1.56. The Balaban J connectivity index is 1.49. The molecular formula is C23H35N3O6S. The van der Waals surface area contributed by atoms with Crippen LogP contribution < -0.4 is 0 Å². The number of sulfonamides is 1. The van der Waals surface area contributed by atoms with Gasteiger partial charge >= 0.3 is 0 Å². The molecule has 3 heterocycles. The van der Waals surface area contributed by atoms with E-state index in [-0.39, 0.29) is 36.7 Å². The van der Waals surface area contributed by atoms with Gasteiger partial charge in [0.05, 0.1) is 48.9 Å². The average molecular weight is 482 g/mol. The Bertz CT molecular complexity index is 934. The van der Waals surface area contributed by atoms with E-state index in [1.54, 1.807) is 31.2 Å². The third-order valence-electron chi connectivity index (χ3n) is 6.87. The molecule has 4 rings (SSSR count). The molecule has 184 valence electrons. The molecule has 0 bridgehead atoms. The number of fused-ring (bicyclic) bond motifs is 1. The van der Waals surface area contributed by atoms with Gasteiger partial charge in [-0.15, -0.1) is 0 Å². The zero-order valence-electron chi connectivity index (χ0n) is 19.4. The third-order valence-corrected chi connectivity index (χ3v) is 8.92. The van der Waals surface area contributed by atoms with E-state index in [4.69, 9.17) is 9.47 Å². The molecule has 1 aromatic carbocycles. The Morgan fingerprint density at radius 1 is 1.12 bits per heavy atom. The first-order chi connectivity index (χ1) is 15.8. The van der Waals surface area contributed by atoms with Crippen LogP contribution in [0.2, 0.25) is 0 Å². The highest BCUT2D eigenvalue weighted by Gasteiger charge is 2.43. The van der Waals surface area contributed by atoms with E-state index in [2.05, 4.69) is 11.9 Å². The number of ether oxygens (including phenoxy) is 2. The molecule has 1 aromatic rings. The van der Waals surface area contributed by atoms with Gasteiger partial charge in [0.25, 0.3) is 0 Å². The number of hydrogen-bond acceptors (Lipinski definition) is 7. The van der Waals surface area contributed by atoms with Crippen LogP contribution in [0.25, 0.3) is 0 Å². The third kappa shape index (κ3) is 5.58. The first kappa shape index (κ1) is 24.6. The first-order valence-corrected chi connectivity index (χ1v) is 13.1. The van der Waals surface area contributed by atoms with Crippen molar-refractivity contribution in [3.63, 3.8) is 0 Å². The maximum Gasteiger partial charge on any atom is 0.243 e. The topological polar surface area (TPSA) is 99.6 Å². The molecule has 0 aliphatic carbocycles. The van der Waals surface area contributed by atoms with E-state index in [1.165, 1.54) is 4.31 Å². The molecule has 1 amide bonds. The van der Waals surface area contributed by atoms with Gasteiger partial charge in [0.1, 0.15) is 0 Å². The normalized spacial score (nSPS) is 30.3. The molecule has 0 unspecified atom stereocenters. The van der Waals surface area contributed by atoms with Crippen molar-refractivity contribution >= 4 is 15.9 Å². The summed E-state index contributed by atoms with van der Waals surface area (Å²) in [5.74, 6) is 0.0816. The molecule has 4 atom stereocenters. The monoisotopic (exact) mass is 481 g/mol. The number of piperazine rings is 1. The summed E-state index contributed by atoms with van der Waals surface area (Å²) in [5.41, 5.74) is 0.661. The minimum Gasteiger partial charge on any atom is -0.389 e. The molecule has 1 N–H and O–H groups in total. The second-order valence-corrected chi connectivity index (χ2v) is 11.2. The highest BCUT2D eigenvalue weighted by Crippen LogP contribution is 2.32. The van der Waals surface area contributed by atoms with Crippen LogP contribution in [0.15, 0.2) is 29.2 Å². The Kier molecular flexibility index (Phi) is 7.72. The standard InChI is InChI=1S/C23H35N3O6S/c1-17-5-3-4-6-22(17)33(29,30)26-14-18(27)15-31-16-21-20(26)8-7-19(32-21)13-23(28)25-11-9-24(2)10-12-25/h3-6,18-21,27H,7-16H2,1-2H3/t18-,19+,20+,21-/m0/s1. The van der Waals surface area contributed by atoms with E-state index in [9.17, 15) is 18.3 Å². The van der Waals surface area contributed by atoms with E-state index < -0.39 is 28.3 Å². The van der Waals surface area contributed by atoms with Gasteiger partial charge < -0.3 is 24.4 Å². The summed E-state index contributed by atoms with van der Waals surface area (Å²) in [5, 5.41) is 10.4. The van der Waals surface area contributed by atoms with E-state index in [0.717, 1.165) is 26.2 Å². The minimum atomic E-state index is -3.84. The van der Waals surface area contributed by atoms with Gasteiger partial charge in [-0.1, -0.05) is 18.2 Å². The van der Waals surface area contributed by atoms with Crippen LogP contribution >= 0.6 is 0 Å². The second kappa shape index (κ2) is 10.4. The second-order valence-electron chi connectivity index (χ2n) is 9.36. The number of aliphatic hydroxyl groups is 1. The van der Waals surface area contributed by atoms with Crippen molar-refractivity contribution in [2.45, 2.75) is 55.4 Å². The number of β-amino-alcohol motifs (C(OH)–C–C–N with tert-alkyl or cyclic N) is 1. The fourth-order valence-electron chi connectivity index (χ4n) is 4.92. The molecule has 0 saturated carbocycles. The number of carbonyl (C=O) groups is 1. The molecule has 0 aromatic heterocycles. The number of likely N-dealkylation sites (N-methyl/N-ethyl adjacent to an activating group) is 1. The van der Waals surface area contributed by atoms with Crippen LogP contribution in [0, 0.1) is 6.92 Å². The maximum absolute atomic E-state index is 13.6. The molecule has 3 fully saturated rings. The summed E-state index contributed by atoms with van der Waals surface area (Å²) in [6.45, 7) is 5.11. The average Bonchev–Trinajstić information content (AvgIpc) is 2.77. The Morgan fingerprint density at radius 2 is 1.85 bits per heavy atom. The van der Waals surface area contributed by atoms with Crippen LogP contribution in [-0.2, 0) is 24.3 Å². The number of rotatable bonds is 4. The van der Waals surface area contributed by atoms with Gasteiger partial charge in [0.15, 0.2) is 0 Å². The van der Waals surface area contributed by atoms with Crippen LogP contribution in [0.4, 0.5) is 0 Å². The molecule has 3 aliphatic heterocycles. The summed E-state index contributed by atoms with van der Waals surface area (Å²) in [4.78, 5) is 17.1. The zero-order valence-corrected chi connectivity index (χ0v) is 20.2. The zero-order chi connectivity index (χ0) is 23.6. The van der Waals surface area contributed by atoms with Crippen LogP contribution in [0.5, 0.6) is 0 Å². The van der Waals surface area contributed by atoms with Crippen molar-refractivity contribution in [1.82, 2.24) is 14.1 Å². The SMILES string of the molecule is Cc1ccccc1S(=O)(=O)N1C[C@H](O)COC[C@@H]2O[C@@H](CC(=O)N3CCN(C)CC3)CC[C@H]21. The molecule has 0 spiro atoms. The van der Waals surface area contributed by atoms with Gasteiger partial charge in [0, 0.05) is 32.7 Å². The fourth-order valence-corrected chi connectivity index (χ4v) is 6.87. The van der Waals surface area contributed by atoms with Crippen molar-refractivity contribution in [2.75, 3.05) is 53.0 Å². The summed E-state index contributed by atoms with van der Waals surface area (Å²) < 4.78 is 40.5. The van der Waals surface area contributed by atoms with Crippen LogP contribution in [0.3, 0.4) is 0 Å². The van der Waals surface area contributed by atoms with E-state index in [0.29, 0.717) is 24.8 Å². The van der Waals surface area contributed by atoms with Crippen molar-refractivity contribution in [3.05, 3.63) is 29.8 Å². The number of amides is 1. The number of benzene rings is 1. The van der Waals surface area contributed by atoms with Crippen molar-refractivity contribution in [3.8, 4) is 0 Å². The summed E-state index contributed by atoms with van der Waals surface area (Å²) >= 11 is 0. The first-order valence-electron chi connectivity index (χ1n) is 11.7. The molecule has 0 radical (unpaired) electrons.